The fourth-order valence-corrected chi connectivity index (χ4v) is 4.82. The molecule has 4 aromatic rings. The van der Waals surface area contributed by atoms with Crippen molar-refractivity contribution in [1.82, 2.24) is 15.0 Å². The van der Waals surface area contributed by atoms with Crippen LogP contribution >= 0.6 is 11.6 Å². The van der Waals surface area contributed by atoms with Crippen molar-refractivity contribution in [3.63, 3.8) is 0 Å². The molecule has 2 atom stereocenters. The van der Waals surface area contributed by atoms with Crippen LogP contribution in [-0.4, -0.2) is 57.4 Å². The van der Waals surface area contributed by atoms with Gasteiger partial charge in [0.25, 0.3) is 0 Å². The number of nitrogens with zero attached hydrogens (tertiary/aromatic N) is 4. The van der Waals surface area contributed by atoms with Gasteiger partial charge < -0.3 is 25.0 Å². The number of aromatic amines is 1. The molecular formula is C25H23ClF3N5O2. The average molecular weight is 518 g/mol. The summed E-state index contributed by atoms with van der Waals surface area (Å²) in [5.41, 5.74) is 2.33. The lowest BCUT2D eigenvalue weighted by atomic mass is 10.0. The van der Waals surface area contributed by atoms with Crippen LogP contribution in [0.4, 0.5) is 24.9 Å². The maximum atomic E-state index is 13.9. The zero-order valence-electron chi connectivity index (χ0n) is 19.2. The second kappa shape index (κ2) is 9.61. The highest BCUT2D eigenvalue weighted by molar-refractivity contribution is 6.33. The summed E-state index contributed by atoms with van der Waals surface area (Å²) < 4.78 is 41.2. The van der Waals surface area contributed by atoms with Gasteiger partial charge in [0.15, 0.2) is 17.5 Å². The number of fused-ring (bicyclic) bond motifs is 1. The van der Waals surface area contributed by atoms with E-state index in [1.54, 1.807) is 18.2 Å². The molecule has 0 amide bonds. The van der Waals surface area contributed by atoms with E-state index in [4.69, 9.17) is 21.7 Å². The number of pyridine rings is 1. The Balaban J connectivity index is 1.40. The third kappa shape index (κ3) is 4.36. The molecule has 1 unspecified atom stereocenters. The Morgan fingerprint density at radius 2 is 1.92 bits per heavy atom. The summed E-state index contributed by atoms with van der Waals surface area (Å²) in [6.45, 7) is 3.39. The van der Waals surface area contributed by atoms with Gasteiger partial charge in [-0.15, -0.1) is 0 Å². The molecule has 5 rings (SSSR count). The van der Waals surface area contributed by atoms with E-state index >= 15 is 0 Å². The van der Waals surface area contributed by atoms with Crippen LogP contribution in [0.15, 0.2) is 42.6 Å². The topological polar surface area (TPSA) is 88.5 Å². The van der Waals surface area contributed by atoms with E-state index in [2.05, 4.69) is 14.9 Å². The number of halogens is 4. The van der Waals surface area contributed by atoms with E-state index in [-0.39, 0.29) is 11.6 Å². The number of hydrogen-bond donors (Lipinski definition) is 3. The Morgan fingerprint density at radius 3 is 2.58 bits per heavy atom. The molecule has 0 aliphatic carbocycles. The molecule has 11 heteroatoms. The normalized spacial score (nSPS) is 17.1. The summed E-state index contributed by atoms with van der Waals surface area (Å²) in [5, 5.41) is 19.3. The van der Waals surface area contributed by atoms with Crippen LogP contribution in [0.2, 0.25) is 5.02 Å². The summed E-state index contributed by atoms with van der Waals surface area (Å²) >= 11 is 6.42. The van der Waals surface area contributed by atoms with Crippen LogP contribution in [0, 0.1) is 17.5 Å². The zero-order chi connectivity index (χ0) is 25.6. The van der Waals surface area contributed by atoms with Crippen molar-refractivity contribution < 1.29 is 23.4 Å². The second-order valence-corrected chi connectivity index (χ2v) is 9.18. The molecule has 188 valence electrons. The minimum atomic E-state index is -1.51. The fraction of sp³-hybridized carbons (Fsp3) is 0.280. The number of imidazole rings is 1. The third-order valence-electron chi connectivity index (χ3n) is 6.39. The van der Waals surface area contributed by atoms with Gasteiger partial charge in [-0.2, -0.15) is 0 Å². The Kier molecular flexibility index (Phi) is 6.50. The number of anilines is 2. The number of H-pyrrole nitrogens is 1. The average Bonchev–Trinajstić information content (AvgIpc) is 3.30. The van der Waals surface area contributed by atoms with Crippen LogP contribution < -0.4 is 9.80 Å². The number of benzene rings is 2. The molecule has 36 heavy (non-hydrogen) atoms. The maximum absolute atomic E-state index is 13.9. The van der Waals surface area contributed by atoms with Gasteiger partial charge in [0, 0.05) is 43.0 Å². The number of rotatable bonds is 5. The molecule has 7 nitrogen and oxygen atoms in total. The van der Waals surface area contributed by atoms with E-state index in [9.17, 15) is 18.3 Å². The smallest absolute Gasteiger partial charge is 0.204 e. The first-order valence-corrected chi connectivity index (χ1v) is 11.7. The fourth-order valence-electron chi connectivity index (χ4n) is 4.53. The molecule has 1 fully saturated rings. The summed E-state index contributed by atoms with van der Waals surface area (Å²) in [6, 6.07) is 8.78. The first kappa shape index (κ1) is 24.4. The Labute approximate surface area is 209 Å². The van der Waals surface area contributed by atoms with Crippen molar-refractivity contribution in [3.8, 4) is 11.1 Å². The van der Waals surface area contributed by atoms with Crippen molar-refractivity contribution in [3.05, 3.63) is 70.6 Å². The second-order valence-electron chi connectivity index (χ2n) is 8.78. The summed E-state index contributed by atoms with van der Waals surface area (Å²) in [7, 11) is 0. The Hall–Kier alpha value is -3.34. The van der Waals surface area contributed by atoms with Gasteiger partial charge in [-0.1, -0.05) is 23.7 Å². The molecule has 2 aromatic carbocycles. The lowest BCUT2D eigenvalue weighted by molar-refractivity contribution is 0.0953. The molecule has 1 aliphatic heterocycles. The van der Waals surface area contributed by atoms with E-state index < -0.39 is 30.2 Å². The van der Waals surface area contributed by atoms with E-state index in [1.807, 2.05) is 17.9 Å². The van der Waals surface area contributed by atoms with Crippen LogP contribution in [-0.2, 0) is 0 Å². The molecular weight excluding hydrogens is 495 g/mol. The van der Waals surface area contributed by atoms with Gasteiger partial charge in [-0.05, 0) is 36.8 Å². The minimum absolute atomic E-state index is 0.00375. The molecule has 0 spiro atoms. The highest BCUT2D eigenvalue weighted by Gasteiger charge is 2.28. The van der Waals surface area contributed by atoms with Gasteiger partial charge >= 0.3 is 0 Å². The molecule has 3 N–H and O–H groups in total. The molecule has 0 saturated carbocycles. The summed E-state index contributed by atoms with van der Waals surface area (Å²) in [6.07, 6.45) is 0.460. The number of piperazine rings is 1. The number of aromatic nitrogens is 3. The molecule has 0 radical (unpaired) electrons. The van der Waals surface area contributed by atoms with Gasteiger partial charge in [-0.25, -0.2) is 23.1 Å². The molecule has 0 bridgehead atoms. The monoisotopic (exact) mass is 517 g/mol. The van der Waals surface area contributed by atoms with E-state index in [1.165, 1.54) is 6.20 Å². The zero-order valence-corrected chi connectivity index (χ0v) is 20.0. The first-order chi connectivity index (χ1) is 17.3. The van der Waals surface area contributed by atoms with Crippen molar-refractivity contribution in [2.45, 2.75) is 19.1 Å². The van der Waals surface area contributed by atoms with Crippen molar-refractivity contribution in [1.29, 1.82) is 0 Å². The third-order valence-corrected chi connectivity index (χ3v) is 6.67. The van der Waals surface area contributed by atoms with Gasteiger partial charge in [0.2, 0.25) is 5.95 Å². The van der Waals surface area contributed by atoms with E-state index in [0.717, 1.165) is 12.1 Å². The van der Waals surface area contributed by atoms with Crippen LogP contribution in [0.3, 0.4) is 0 Å². The quantitative estimate of drug-likeness (QED) is 0.339. The van der Waals surface area contributed by atoms with Gasteiger partial charge in [-0.3, -0.25) is 0 Å². The van der Waals surface area contributed by atoms with Gasteiger partial charge in [0.1, 0.15) is 11.9 Å². The standard InChI is InChI=1S/C25H23ClF3N5O2/c1-13-11-33(24-17(26)7-15(10-30-24)21(36)12-35)5-6-34(13)25-31-20-4-2-3-16(23(20)32-25)14-8-18(27)22(29)19(28)9-14/h2-4,7-10,13,21,35-36H,5-6,11-12H2,1H3,(H,31,32)/t13-,21?/m1/s1. The van der Waals surface area contributed by atoms with Crippen LogP contribution in [0.25, 0.3) is 22.2 Å². The predicted molar refractivity (Wildman–Crippen MR) is 132 cm³/mol. The molecule has 3 heterocycles. The van der Waals surface area contributed by atoms with Crippen molar-refractivity contribution >= 4 is 34.4 Å². The highest BCUT2D eigenvalue weighted by Crippen LogP contribution is 2.33. The summed E-state index contributed by atoms with van der Waals surface area (Å²) in [5.74, 6) is -2.83. The predicted octanol–water partition coefficient (Wildman–Crippen LogP) is 4.44. The number of aliphatic hydroxyl groups excluding tert-OH is 2. The first-order valence-electron chi connectivity index (χ1n) is 11.4. The number of para-hydroxylation sites is 1. The Morgan fingerprint density at radius 1 is 1.17 bits per heavy atom. The maximum Gasteiger partial charge on any atom is 0.204 e. The van der Waals surface area contributed by atoms with E-state index in [0.29, 0.717) is 58.6 Å². The molecule has 2 aromatic heterocycles. The van der Waals surface area contributed by atoms with Crippen molar-refractivity contribution in [2.24, 2.45) is 0 Å². The number of aliphatic hydroxyl groups is 2. The lowest BCUT2D eigenvalue weighted by Gasteiger charge is -2.40. The van der Waals surface area contributed by atoms with Crippen LogP contribution in [0.1, 0.15) is 18.6 Å². The van der Waals surface area contributed by atoms with Gasteiger partial charge in [0.05, 0.1) is 22.7 Å². The number of hydrogen-bond acceptors (Lipinski definition) is 6. The SMILES string of the molecule is C[C@@H]1CN(c2ncc(C(O)CO)cc2Cl)CCN1c1nc2c(-c3cc(F)c(F)c(F)c3)cccc2[nH]1. The summed E-state index contributed by atoms with van der Waals surface area (Å²) in [4.78, 5) is 16.5. The molecule has 1 saturated heterocycles. The molecule has 1 aliphatic rings. The number of nitrogens with one attached hydrogen (secondary N) is 1. The Bertz CT molecular complexity index is 1410. The lowest BCUT2D eigenvalue weighted by Crippen LogP contribution is -2.52. The minimum Gasteiger partial charge on any atom is -0.393 e. The van der Waals surface area contributed by atoms with Crippen molar-refractivity contribution in [2.75, 3.05) is 36.0 Å². The highest BCUT2D eigenvalue weighted by atomic mass is 35.5. The largest absolute Gasteiger partial charge is 0.393 e. The van der Waals surface area contributed by atoms with Crippen LogP contribution in [0.5, 0.6) is 0 Å².